The van der Waals surface area contributed by atoms with Crippen molar-refractivity contribution in [2.45, 2.75) is 39.8 Å². The predicted molar refractivity (Wildman–Crippen MR) is 115 cm³/mol. The molecule has 28 heavy (non-hydrogen) atoms. The third kappa shape index (κ3) is 3.34. The quantitative estimate of drug-likeness (QED) is 0.484. The van der Waals surface area contributed by atoms with Gasteiger partial charge in [-0.15, -0.1) is 0 Å². The van der Waals surface area contributed by atoms with Crippen LogP contribution in [0.5, 0.6) is 0 Å². The molecule has 4 aromatic rings. The van der Waals surface area contributed by atoms with E-state index in [9.17, 15) is 0 Å². The zero-order chi connectivity index (χ0) is 19.5. The number of benzene rings is 2. The molecule has 2 aromatic heterocycles. The summed E-state index contributed by atoms with van der Waals surface area (Å²) in [6, 6.07) is 16.7. The van der Waals surface area contributed by atoms with Gasteiger partial charge in [-0.1, -0.05) is 49.7 Å². The lowest BCUT2D eigenvalue weighted by molar-refractivity contribution is 0.126. The molecule has 5 nitrogen and oxygen atoms in total. The first-order chi connectivity index (χ1) is 13.7. The molecule has 2 N–H and O–H groups in total. The Bertz CT molecular complexity index is 1100. The van der Waals surface area contributed by atoms with E-state index in [2.05, 4.69) is 52.9 Å². The SMILES string of the molecule is CCCCn1c(COCC)nc2c(N)nc3ccc(-c4ccccc4)cc3c21. The highest BCUT2D eigenvalue weighted by molar-refractivity contribution is 6.07. The number of aromatic nitrogens is 3. The number of nitrogens with zero attached hydrogens (tertiary/aromatic N) is 3. The maximum absolute atomic E-state index is 6.28. The van der Waals surface area contributed by atoms with Gasteiger partial charge in [0.2, 0.25) is 0 Å². The maximum Gasteiger partial charge on any atom is 0.152 e. The number of nitrogens with two attached hydrogens (primary N) is 1. The Hall–Kier alpha value is -2.92. The highest BCUT2D eigenvalue weighted by Crippen LogP contribution is 2.32. The second-order valence-corrected chi connectivity index (χ2v) is 6.96. The Morgan fingerprint density at radius 2 is 1.82 bits per heavy atom. The van der Waals surface area contributed by atoms with E-state index in [1.807, 2.05) is 19.1 Å². The molecule has 2 heterocycles. The molecule has 0 unspecified atom stereocenters. The Morgan fingerprint density at radius 3 is 2.57 bits per heavy atom. The van der Waals surface area contributed by atoms with E-state index in [0.29, 0.717) is 19.0 Å². The van der Waals surface area contributed by atoms with E-state index in [4.69, 9.17) is 15.5 Å². The molecule has 0 atom stereocenters. The van der Waals surface area contributed by atoms with Crippen LogP contribution < -0.4 is 5.73 Å². The summed E-state index contributed by atoms with van der Waals surface area (Å²) < 4.78 is 7.94. The molecule has 4 rings (SSSR count). The van der Waals surface area contributed by atoms with Gasteiger partial charge < -0.3 is 15.0 Å². The number of unbranched alkanes of at least 4 members (excludes halogenated alkanes) is 1. The fourth-order valence-corrected chi connectivity index (χ4v) is 3.63. The summed E-state index contributed by atoms with van der Waals surface area (Å²) in [6.07, 6.45) is 2.19. The summed E-state index contributed by atoms with van der Waals surface area (Å²) in [4.78, 5) is 9.42. The van der Waals surface area contributed by atoms with Gasteiger partial charge in [0, 0.05) is 18.5 Å². The lowest BCUT2D eigenvalue weighted by Gasteiger charge is -2.11. The third-order valence-corrected chi connectivity index (χ3v) is 5.06. The highest BCUT2D eigenvalue weighted by Gasteiger charge is 2.17. The van der Waals surface area contributed by atoms with Crippen molar-refractivity contribution in [2.75, 3.05) is 12.3 Å². The molecule has 0 bridgehead atoms. The van der Waals surface area contributed by atoms with Crippen LogP contribution in [0.1, 0.15) is 32.5 Å². The first-order valence-electron chi connectivity index (χ1n) is 9.94. The number of pyridine rings is 1. The second-order valence-electron chi connectivity index (χ2n) is 6.96. The molecule has 0 spiro atoms. The van der Waals surface area contributed by atoms with Crippen LogP contribution in [0.2, 0.25) is 0 Å². The van der Waals surface area contributed by atoms with Gasteiger partial charge in [-0.3, -0.25) is 0 Å². The van der Waals surface area contributed by atoms with Crippen LogP contribution in [0.4, 0.5) is 5.82 Å². The molecule has 0 saturated carbocycles. The number of nitrogen functional groups attached to an aromatic ring is 1. The molecule has 0 radical (unpaired) electrons. The molecular weight excluding hydrogens is 348 g/mol. The lowest BCUT2D eigenvalue weighted by Crippen LogP contribution is -2.06. The molecule has 0 aliphatic carbocycles. The van der Waals surface area contributed by atoms with Gasteiger partial charge in [-0.05, 0) is 36.6 Å². The van der Waals surface area contributed by atoms with E-state index in [0.717, 1.165) is 52.7 Å². The van der Waals surface area contributed by atoms with E-state index >= 15 is 0 Å². The minimum absolute atomic E-state index is 0.475. The van der Waals surface area contributed by atoms with Gasteiger partial charge in [0.1, 0.15) is 17.9 Å². The first-order valence-corrected chi connectivity index (χ1v) is 9.94. The van der Waals surface area contributed by atoms with Gasteiger partial charge in [0.15, 0.2) is 5.82 Å². The summed E-state index contributed by atoms with van der Waals surface area (Å²) >= 11 is 0. The van der Waals surface area contributed by atoms with E-state index < -0.39 is 0 Å². The largest absolute Gasteiger partial charge is 0.382 e. The zero-order valence-corrected chi connectivity index (χ0v) is 16.5. The molecular formula is C23H26N4O. The van der Waals surface area contributed by atoms with Gasteiger partial charge in [0.25, 0.3) is 0 Å². The minimum atomic E-state index is 0.475. The van der Waals surface area contributed by atoms with Crippen molar-refractivity contribution >= 4 is 27.8 Å². The number of aryl methyl sites for hydroxylation is 1. The first kappa shape index (κ1) is 18.4. The average molecular weight is 374 g/mol. The fraction of sp³-hybridized carbons (Fsp3) is 0.304. The minimum Gasteiger partial charge on any atom is -0.382 e. The molecule has 0 aliphatic heterocycles. The average Bonchev–Trinajstić information content (AvgIpc) is 3.10. The number of anilines is 1. The van der Waals surface area contributed by atoms with Gasteiger partial charge >= 0.3 is 0 Å². The molecule has 144 valence electrons. The van der Waals surface area contributed by atoms with E-state index in [1.54, 1.807) is 0 Å². The van der Waals surface area contributed by atoms with Crippen LogP contribution in [0.15, 0.2) is 48.5 Å². The van der Waals surface area contributed by atoms with E-state index in [1.165, 1.54) is 5.56 Å². The predicted octanol–water partition coefficient (Wildman–Crippen LogP) is 5.17. The summed E-state index contributed by atoms with van der Waals surface area (Å²) in [5.74, 6) is 1.39. The molecule has 5 heteroatoms. The van der Waals surface area contributed by atoms with Gasteiger partial charge in [-0.2, -0.15) is 0 Å². The van der Waals surface area contributed by atoms with Gasteiger partial charge in [0.05, 0.1) is 11.0 Å². The summed E-state index contributed by atoms with van der Waals surface area (Å²) in [5, 5.41) is 1.08. The van der Waals surface area contributed by atoms with Crippen LogP contribution in [-0.2, 0) is 17.9 Å². The Balaban J connectivity index is 1.98. The topological polar surface area (TPSA) is 66.0 Å². The van der Waals surface area contributed by atoms with Crippen LogP contribution in [0.3, 0.4) is 0 Å². The van der Waals surface area contributed by atoms with Crippen molar-refractivity contribution in [3.8, 4) is 11.1 Å². The molecule has 0 aliphatic rings. The Kier molecular flexibility index (Phi) is 5.26. The monoisotopic (exact) mass is 374 g/mol. The van der Waals surface area contributed by atoms with Crippen molar-refractivity contribution in [1.29, 1.82) is 0 Å². The number of imidazole rings is 1. The second kappa shape index (κ2) is 7.98. The molecule has 0 amide bonds. The van der Waals surface area contributed by atoms with Crippen molar-refractivity contribution in [1.82, 2.24) is 14.5 Å². The van der Waals surface area contributed by atoms with Crippen LogP contribution in [0.25, 0.3) is 33.1 Å². The van der Waals surface area contributed by atoms with Crippen LogP contribution in [-0.4, -0.2) is 21.1 Å². The van der Waals surface area contributed by atoms with E-state index in [-0.39, 0.29) is 0 Å². The standard InChI is InChI=1S/C23H26N4O/c1-3-5-13-27-20(15-28-4-2)26-21-22(27)18-14-17(16-9-7-6-8-10-16)11-12-19(18)25-23(21)24/h6-12,14H,3-5,13,15H2,1-2H3,(H2,24,25). The van der Waals surface area contributed by atoms with Crippen molar-refractivity contribution in [2.24, 2.45) is 0 Å². The Morgan fingerprint density at radius 1 is 1.00 bits per heavy atom. The number of hydrogen-bond donors (Lipinski definition) is 1. The van der Waals surface area contributed by atoms with Gasteiger partial charge in [-0.25, -0.2) is 9.97 Å². The fourth-order valence-electron chi connectivity index (χ4n) is 3.63. The molecule has 0 saturated heterocycles. The van der Waals surface area contributed by atoms with Crippen LogP contribution in [0, 0.1) is 0 Å². The summed E-state index contributed by atoms with van der Waals surface area (Å²) in [6.45, 7) is 6.22. The smallest absolute Gasteiger partial charge is 0.152 e. The van der Waals surface area contributed by atoms with Crippen LogP contribution >= 0.6 is 0 Å². The Labute approximate surface area is 165 Å². The normalized spacial score (nSPS) is 11.5. The molecule has 2 aromatic carbocycles. The molecule has 0 fully saturated rings. The third-order valence-electron chi connectivity index (χ3n) is 5.06. The number of rotatable bonds is 7. The van der Waals surface area contributed by atoms with Crippen molar-refractivity contribution in [3.63, 3.8) is 0 Å². The maximum atomic E-state index is 6.28. The summed E-state index contributed by atoms with van der Waals surface area (Å²) in [7, 11) is 0. The number of fused-ring (bicyclic) bond motifs is 3. The number of hydrogen-bond acceptors (Lipinski definition) is 4. The zero-order valence-electron chi connectivity index (χ0n) is 16.5. The van der Waals surface area contributed by atoms with Crippen molar-refractivity contribution < 1.29 is 4.74 Å². The highest BCUT2D eigenvalue weighted by atomic mass is 16.5. The lowest BCUT2D eigenvalue weighted by atomic mass is 10.0. The van der Waals surface area contributed by atoms with Crippen molar-refractivity contribution in [3.05, 3.63) is 54.4 Å². The number of ether oxygens (including phenoxy) is 1. The summed E-state index contributed by atoms with van der Waals surface area (Å²) in [5.41, 5.74) is 11.3.